The Balaban J connectivity index is 1.26. The summed E-state index contributed by atoms with van der Waals surface area (Å²) in [5.41, 5.74) is 0.621. The molecule has 0 saturated carbocycles. The zero-order valence-electron chi connectivity index (χ0n) is 18.5. The van der Waals surface area contributed by atoms with Crippen LogP contribution in [-0.2, 0) is 28.5 Å². The lowest BCUT2D eigenvalue weighted by atomic mass is 9.97. The predicted octanol–water partition coefficient (Wildman–Crippen LogP) is -1.17. The SMILES string of the molecule is CN1C2CC(OC(=O)[C@@H](COC3OC(C(=O)O)C(O)C(O)C3O)c3ccccc3)CC1C1OC12. The van der Waals surface area contributed by atoms with Gasteiger partial charge in [0.1, 0.15) is 42.5 Å². The van der Waals surface area contributed by atoms with Crippen LogP contribution in [0.15, 0.2) is 30.3 Å². The Kier molecular flexibility index (Phi) is 6.36. The van der Waals surface area contributed by atoms with Gasteiger partial charge in [-0.1, -0.05) is 30.3 Å². The Morgan fingerprint density at radius 1 is 1.03 bits per heavy atom. The van der Waals surface area contributed by atoms with E-state index in [2.05, 4.69) is 11.9 Å². The van der Waals surface area contributed by atoms with Crippen LogP contribution in [0.4, 0.5) is 0 Å². The molecule has 0 amide bonds. The number of aliphatic carboxylic acids is 1. The van der Waals surface area contributed by atoms with Gasteiger partial charge in [0.2, 0.25) is 0 Å². The molecule has 0 aromatic heterocycles. The number of epoxide rings is 1. The number of benzene rings is 1. The molecule has 4 N–H and O–H groups in total. The third-order valence-electron chi connectivity index (χ3n) is 7.38. The van der Waals surface area contributed by atoms with Crippen LogP contribution in [0.1, 0.15) is 24.3 Å². The fraction of sp³-hybridized carbons (Fsp3) is 0.652. The Morgan fingerprint density at radius 2 is 1.68 bits per heavy atom. The highest BCUT2D eigenvalue weighted by Gasteiger charge is 2.63. The minimum Gasteiger partial charge on any atom is -0.479 e. The maximum Gasteiger partial charge on any atom is 0.335 e. The molecule has 4 heterocycles. The minimum absolute atomic E-state index is 0.209. The number of rotatable bonds is 7. The number of aliphatic hydroxyl groups is 3. The molecule has 1 aromatic rings. The maximum atomic E-state index is 13.2. The predicted molar refractivity (Wildman–Crippen MR) is 113 cm³/mol. The highest BCUT2D eigenvalue weighted by Crippen LogP contribution is 2.48. The second kappa shape index (κ2) is 9.15. The van der Waals surface area contributed by atoms with Gasteiger partial charge in [-0.05, 0) is 12.6 Å². The van der Waals surface area contributed by atoms with Gasteiger partial charge in [-0.2, -0.15) is 0 Å². The summed E-state index contributed by atoms with van der Waals surface area (Å²) in [7, 11) is 2.06. The molecule has 0 aliphatic carbocycles. The molecule has 11 nitrogen and oxygen atoms in total. The second-order valence-corrected chi connectivity index (χ2v) is 9.43. The number of carbonyl (C=O) groups excluding carboxylic acids is 1. The van der Waals surface area contributed by atoms with Crippen LogP contribution in [0.5, 0.6) is 0 Å². The van der Waals surface area contributed by atoms with Crippen LogP contribution >= 0.6 is 0 Å². The Hall–Kier alpha value is -2.12. The number of morpholine rings is 1. The summed E-state index contributed by atoms with van der Waals surface area (Å²) < 4.78 is 22.3. The average molecular weight is 479 g/mol. The summed E-state index contributed by atoms with van der Waals surface area (Å²) >= 11 is 0. The van der Waals surface area contributed by atoms with Crippen LogP contribution in [0.25, 0.3) is 0 Å². The first kappa shape index (κ1) is 23.6. The van der Waals surface area contributed by atoms with Crippen molar-refractivity contribution in [3.63, 3.8) is 0 Å². The van der Waals surface area contributed by atoms with Gasteiger partial charge in [0.25, 0.3) is 0 Å². The van der Waals surface area contributed by atoms with Crippen molar-refractivity contribution in [2.75, 3.05) is 13.7 Å². The number of piperidine rings is 1. The number of carboxylic acids is 1. The van der Waals surface area contributed by atoms with Crippen molar-refractivity contribution in [2.45, 2.75) is 79.9 Å². The minimum atomic E-state index is -1.82. The summed E-state index contributed by atoms with van der Waals surface area (Å²) in [6.07, 6.45) is -7.13. The van der Waals surface area contributed by atoms with E-state index in [9.17, 15) is 30.0 Å². The number of hydrogen-bond donors (Lipinski definition) is 4. The van der Waals surface area contributed by atoms with Crippen molar-refractivity contribution in [2.24, 2.45) is 0 Å². The number of aliphatic hydroxyl groups excluding tert-OH is 3. The van der Waals surface area contributed by atoms with Gasteiger partial charge in [0, 0.05) is 24.9 Å². The second-order valence-electron chi connectivity index (χ2n) is 9.43. The molecule has 0 spiro atoms. The maximum absolute atomic E-state index is 13.2. The van der Waals surface area contributed by atoms with Gasteiger partial charge in [-0.15, -0.1) is 0 Å². The number of likely N-dealkylation sites (N-methyl/N-ethyl adjacent to an activating group) is 1. The molecule has 34 heavy (non-hydrogen) atoms. The van der Waals surface area contributed by atoms with E-state index in [1.165, 1.54) is 0 Å². The third kappa shape index (κ3) is 4.22. The standard InChI is InChI=1S/C23H29NO10/c1-24-13-7-11(8-14(24)19-18(13)33-19)32-22(30)12(10-5-3-2-4-6-10)9-31-23-17(27)15(25)16(26)20(34-23)21(28)29/h2-6,11-20,23,25-27H,7-9H2,1H3,(H,28,29)/t11?,12-,13?,14?,15?,16?,17?,18?,19?,20?,23?/m0/s1. The summed E-state index contributed by atoms with van der Waals surface area (Å²) in [5.74, 6) is -2.88. The molecule has 0 radical (unpaired) electrons. The molecular weight excluding hydrogens is 450 g/mol. The molecule has 9 unspecified atom stereocenters. The van der Waals surface area contributed by atoms with Crippen LogP contribution in [0.2, 0.25) is 0 Å². The fourth-order valence-electron chi connectivity index (χ4n) is 5.41. The van der Waals surface area contributed by atoms with Crippen LogP contribution in [-0.4, -0.2) is 112 Å². The molecule has 4 aliphatic heterocycles. The van der Waals surface area contributed by atoms with Crippen molar-refractivity contribution in [3.8, 4) is 0 Å². The van der Waals surface area contributed by atoms with Crippen LogP contribution in [0, 0.1) is 0 Å². The molecule has 4 fully saturated rings. The van der Waals surface area contributed by atoms with Gasteiger partial charge in [-0.3, -0.25) is 9.69 Å². The lowest BCUT2D eigenvalue weighted by Crippen LogP contribution is -2.60. The van der Waals surface area contributed by atoms with Crippen molar-refractivity contribution < 1.29 is 49.0 Å². The highest BCUT2D eigenvalue weighted by atomic mass is 16.7. The normalized spacial score (nSPS) is 42.0. The first-order valence-electron chi connectivity index (χ1n) is 11.4. The first-order valence-corrected chi connectivity index (χ1v) is 11.4. The topological polar surface area (TPSA) is 159 Å². The van der Waals surface area contributed by atoms with Gasteiger partial charge in [-0.25, -0.2) is 4.79 Å². The van der Waals surface area contributed by atoms with E-state index in [0.717, 1.165) is 0 Å². The lowest BCUT2D eigenvalue weighted by Gasteiger charge is -2.39. The lowest BCUT2D eigenvalue weighted by molar-refractivity contribution is -0.294. The summed E-state index contributed by atoms with van der Waals surface area (Å²) in [6.45, 7) is -0.284. The van der Waals surface area contributed by atoms with Crippen LogP contribution < -0.4 is 0 Å². The average Bonchev–Trinajstić information content (AvgIpc) is 3.58. The van der Waals surface area contributed by atoms with Crippen molar-refractivity contribution in [1.29, 1.82) is 0 Å². The molecule has 2 bridgehead atoms. The zero-order valence-corrected chi connectivity index (χ0v) is 18.5. The number of nitrogens with zero attached hydrogens (tertiary/aromatic N) is 1. The number of carboxylic acid groups (broad SMARTS) is 1. The van der Waals surface area contributed by atoms with Crippen LogP contribution in [0.3, 0.4) is 0 Å². The molecule has 11 heteroatoms. The number of ether oxygens (including phenoxy) is 4. The Bertz CT molecular complexity index is 896. The van der Waals surface area contributed by atoms with E-state index in [1.54, 1.807) is 30.3 Å². The summed E-state index contributed by atoms with van der Waals surface area (Å²) in [5, 5.41) is 39.3. The van der Waals surface area contributed by atoms with E-state index < -0.39 is 48.6 Å². The molecule has 4 aliphatic rings. The highest BCUT2D eigenvalue weighted by molar-refractivity contribution is 5.78. The van der Waals surface area contributed by atoms with Crippen molar-refractivity contribution in [1.82, 2.24) is 4.90 Å². The Morgan fingerprint density at radius 3 is 2.29 bits per heavy atom. The smallest absolute Gasteiger partial charge is 0.335 e. The molecule has 186 valence electrons. The summed E-state index contributed by atoms with van der Waals surface area (Å²) in [4.78, 5) is 26.9. The van der Waals surface area contributed by atoms with E-state index in [0.29, 0.717) is 18.4 Å². The fourth-order valence-corrected chi connectivity index (χ4v) is 5.41. The monoisotopic (exact) mass is 479 g/mol. The van der Waals surface area contributed by atoms with Crippen molar-refractivity contribution in [3.05, 3.63) is 35.9 Å². The first-order chi connectivity index (χ1) is 16.3. The van der Waals surface area contributed by atoms with Gasteiger partial charge >= 0.3 is 11.9 Å². The molecule has 1 aromatic carbocycles. The number of carbonyl (C=O) groups is 2. The largest absolute Gasteiger partial charge is 0.479 e. The molecule has 5 rings (SSSR count). The van der Waals surface area contributed by atoms with Crippen molar-refractivity contribution >= 4 is 11.9 Å². The summed E-state index contributed by atoms with van der Waals surface area (Å²) in [6, 6.07) is 9.27. The van der Waals surface area contributed by atoms with Gasteiger partial charge in [0.15, 0.2) is 12.4 Å². The van der Waals surface area contributed by atoms with E-state index >= 15 is 0 Å². The number of fused-ring (bicyclic) bond motifs is 5. The zero-order chi connectivity index (χ0) is 24.1. The Labute approximate surface area is 195 Å². The van der Waals surface area contributed by atoms with Gasteiger partial charge in [0.05, 0.1) is 6.61 Å². The molecule has 10 atom stereocenters. The number of esters is 1. The third-order valence-corrected chi connectivity index (χ3v) is 7.38. The molecule has 4 saturated heterocycles. The number of hydrogen-bond acceptors (Lipinski definition) is 10. The molecular formula is C23H29NO10. The quantitative estimate of drug-likeness (QED) is 0.276. The van der Waals surface area contributed by atoms with Gasteiger partial charge < -0.3 is 39.4 Å². The van der Waals surface area contributed by atoms with E-state index in [4.69, 9.17) is 18.9 Å². The van der Waals surface area contributed by atoms with E-state index in [-0.39, 0.29) is 37.0 Å². The van der Waals surface area contributed by atoms with E-state index in [1.807, 2.05) is 0 Å².